The molecule has 0 spiro atoms. The van der Waals surface area contributed by atoms with Gasteiger partial charge in [0.25, 0.3) is 5.91 Å². The first-order chi connectivity index (χ1) is 16.4. The van der Waals surface area contributed by atoms with E-state index in [1.54, 1.807) is 6.92 Å². The number of aromatic nitrogens is 1. The van der Waals surface area contributed by atoms with Crippen molar-refractivity contribution in [3.05, 3.63) is 47.3 Å². The van der Waals surface area contributed by atoms with Gasteiger partial charge < -0.3 is 24.6 Å². The lowest BCUT2D eigenvalue weighted by atomic mass is 10.1. The summed E-state index contributed by atoms with van der Waals surface area (Å²) in [6.45, 7) is 1.06. The van der Waals surface area contributed by atoms with E-state index in [1.807, 2.05) is 5.32 Å². The number of rotatable bonds is 7. The van der Waals surface area contributed by atoms with Gasteiger partial charge in [-0.05, 0) is 6.92 Å². The minimum atomic E-state index is -4.59. The Labute approximate surface area is 197 Å². The van der Waals surface area contributed by atoms with Crippen LogP contribution in [0.2, 0.25) is 0 Å². The fraction of sp³-hybridized carbons (Fsp3) is 0.400. The van der Waals surface area contributed by atoms with Gasteiger partial charge >= 0.3 is 6.09 Å². The van der Waals surface area contributed by atoms with Gasteiger partial charge in [0.15, 0.2) is 23.3 Å². The average molecular weight is 522 g/mol. The first-order valence-corrected chi connectivity index (χ1v) is 11.7. The molecule has 2 atom stereocenters. The number of carbonyl (C=O) groups excluding carboxylic acids is 2. The first-order valence-electron chi connectivity index (χ1n) is 10.2. The van der Waals surface area contributed by atoms with Gasteiger partial charge in [-0.2, -0.15) is 0 Å². The summed E-state index contributed by atoms with van der Waals surface area (Å²) in [7, 11) is -3.43. The van der Waals surface area contributed by atoms with Crippen molar-refractivity contribution in [1.29, 1.82) is 0 Å². The number of amides is 2. The summed E-state index contributed by atoms with van der Waals surface area (Å²) in [5, 5.41) is 11.6. The molecular weight excluding hydrogens is 500 g/mol. The summed E-state index contributed by atoms with van der Waals surface area (Å²) in [6.07, 6.45) is 0.107. The van der Waals surface area contributed by atoms with E-state index in [1.165, 1.54) is 4.90 Å². The number of ether oxygens (including phenoxy) is 1. The summed E-state index contributed by atoms with van der Waals surface area (Å²) >= 11 is 0. The number of nitrogens with zero attached hydrogens (tertiary/aromatic N) is 2. The molecule has 1 saturated heterocycles. The van der Waals surface area contributed by atoms with Crippen molar-refractivity contribution < 1.29 is 45.4 Å². The highest BCUT2D eigenvalue weighted by molar-refractivity contribution is 7.89. The van der Waals surface area contributed by atoms with Crippen molar-refractivity contribution in [3.63, 3.8) is 0 Å². The summed E-state index contributed by atoms with van der Waals surface area (Å²) in [6, 6.07) is -0.0295. The van der Waals surface area contributed by atoms with E-state index in [0.717, 1.165) is 17.8 Å². The van der Waals surface area contributed by atoms with E-state index >= 15 is 4.39 Å². The number of likely N-dealkylation sites (tertiary alicyclic amines) is 1. The third-order valence-corrected chi connectivity index (χ3v) is 6.82. The average Bonchev–Trinajstić information content (AvgIpc) is 3.31. The molecule has 0 aliphatic carbocycles. The lowest BCUT2D eigenvalue weighted by molar-refractivity contribution is 0.101. The van der Waals surface area contributed by atoms with Crippen LogP contribution in [0, 0.1) is 29.2 Å². The molecule has 0 radical (unpaired) electrons. The third-order valence-electron chi connectivity index (χ3n) is 5.34. The number of halogens is 4. The highest BCUT2D eigenvalue weighted by Crippen LogP contribution is 2.25. The minimum absolute atomic E-state index is 0.00175. The van der Waals surface area contributed by atoms with Crippen LogP contribution in [0.5, 0.6) is 0 Å². The molecule has 35 heavy (non-hydrogen) atoms. The first kappa shape index (κ1) is 26.4. The molecule has 2 aromatic rings. The molecule has 0 unspecified atom stereocenters. The smallest absolute Gasteiger partial charge is 0.409 e. The van der Waals surface area contributed by atoms with Gasteiger partial charge in [-0.25, -0.2) is 35.5 Å². The van der Waals surface area contributed by atoms with Crippen LogP contribution < -0.4 is 10.0 Å². The number of benzene rings is 1. The van der Waals surface area contributed by atoms with Gasteiger partial charge in [0, 0.05) is 62.7 Å². The zero-order valence-electron chi connectivity index (χ0n) is 18.5. The van der Waals surface area contributed by atoms with Crippen LogP contribution in [0.15, 0.2) is 23.2 Å². The largest absolute Gasteiger partial charge is 0.450 e. The quantitative estimate of drug-likeness (QED) is 0.374. The number of aryl methyl sites for hydroxylation is 1. The van der Waals surface area contributed by atoms with E-state index in [2.05, 4.69) is 4.72 Å². The number of aliphatic hydroxyl groups is 1. The Bertz CT molecular complexity index is 1230. The Hall–Kier alpha value is -3.17. The van der Waals surface area contributed by atoms with Crippen molar-refractivity contribution in [1.82, 2.24) is 14.2 Å². The minimum Gasteiger partial charge on any atom is -0.450 e. The highest BCUT2D eigenvalue weighted by atomic mass is 32.2. The maximum atomic E-state index is 15.1. The topological polar surface area (TPSA) is 130 Å². The summed E-state index contributed by atoms with van der Waals surface area (Å²) in [5.41, 5.74) is -1.31. The monoisotopic (exact) mass is 522 g/mol. The fourth-order valence-electron chi connectivity index (χ4n) is 3.65. The molecule has 3 rings (SSSR count). The summed E-state index contributed by atoms with van der Waals surface area (Å²) in [4.78, 5) is 24.7. The maximum Gasteiger partial charge on any atom is 0.409 e. The van der Waals surface area contributed by atoms with Crippen LogP contribution >= 0.6 is 0 Å². The predicted molar refractivity (Wildman–Crippen MR) is 113 cm³/mol. The SMILES string of the molecule is CCOC(=O)N1C[C@@H](CO)[C@@H](NS(=O)(=O)c2cn(C)c(C(=O)Nc3cc(F)c(F)c(F)c3)c2F)C1. The third kappa shape index (κ3) is 5.41. The van der Waals surface area contributed by atoms with E-state index in [4.69, 9.17) is 4.74 Å². The number of hydrogen-bond donors (Lipinski definition) is 3. The Balaban J connectivity index is 1.83. The number of hydrogen-bond acceptors (Lipinski definition) is 6. The zero-order chi connectivity index (χ0) is 26.1. The lowest BCUT2D eigenvalue weighted by Gasteiger charge is -2.17. The van der Waals surface area contributed by atoms with E-state index in [-0.39, 0.29) is 19.7 Å². The summed E-state index contributed by atoms with van der Waals surface area (Å²) in [5.74, 6) is -8.35. The van der Waals surface area contributed by atoms with E-state index in [9.17, 15) is 36.3 Å². The zero-order valence-corrected chi connectivity index (χ0v) is 19.3. The van der Waals surface area contributed by atoms with Crippen LogP contribution in [0.25, 0.3) is 0 Å². The van der Waals surface area contributed by atoms with Crippen molar-refractivity contribution in [2.45, 2.75) is 17.9 Å². The number of anilines is 1. The number of nitrogens with one attached hydrogen (secondary N) is 2. The molecule has 3 N–H and O–H groups in total. The van der Waals surface area contributed by atoms with Gasteiger partial charge in [0.05, 0.1) is 6.61 Å². The Morgan fingerprint density at radius 2 is 1.77 bits per heavy atom. The van der Waals surface area contributed by atoms with Gasteiger partial charge in [-0.1, -0.05) is 0 Å². The van der Waals surface area contributed by atoms with Crippen molar-refractivity contribution in [3.8, 4) is 0 Å². The molecule has 15 heteroatoms. The van der Waals surface area contributed by atoms with Crippen molar-refractivity contribution >= 4 is 27.7 Å². The second kappa shape index (κ2) is 10.2. The van der Waals surface area contributed by atoms with Crippen LogP contribution in [-0.2, 0) is 21.8 Å². The molecular formula is C20H22F4N4O6S. The lowest BCUT2D eigenvalue weighted by Crippen LogP contribution is -2.42. The van der Waals surface area contributed by atoms with Crippen LogP contribution in [0.1, 0.15) is 17.4 Å². The maximum absolute atomic E-state index is 15.1. The molecule has 0 bridgehead atoms. The number of aliphatic hydroxyl groups excluding tert-OH is 1. The molecule has 1 aliphatic rings. The molecule has 10 nitrogen and oxygen atoms in total. The van der Waals surface area contributed by atoms with Crippen LogP contribution in [-0.4, -0.2) is 67.3 Å². The molecule has 2 heterocycles. The second-order valence-corrected chi connectivity index (χ2v) is 9.43. The standard InChI is InChI=1S/C20H22F4N4O6S/c1-3-34-20(31)28-6-10(9-29)14(7-28)26-35(32,33)15-8-27(2)18(17(15)24)19(30)25-11-4-12(21)16(23)13(22)5-11/h4-5,8,10,14,26,29H,3,6-7,9H2,1-2H3,(H,25,30)/t10-,14-/m0/s1. The van der Waals surface area contributed by atoms with Gasteiger partial charge in [0.2, 0.25) is 10.0 Å². The Morgan fingerprint density at radius 1 is 1.14 bits per heavy atom. The molecule has 2 amide bonds. The molecule has 0 saturated carbocycles. The molecule has 1 aromatic carbocycles. The van der Waals surface area contributed by atoms with Crippen molar-refractivity contribution in [2.75, 3.05) is 31.6 Å². The molecule has 1 fully saturated rings. The van der Waals surface area contributed by atoms with E-state index in [0.29, 0.717) is 12.1 Å². The summed E-state index contributed by atoms with van der Waals surface area (Å²) < 4.78 is 88.7. The fourth-order valence-corrected chi connectivity index (χ4v) is 5.07. The van der Waals surface area contributed by atoms with Gasteiger partial charge in [-0.3, -0.25) is 4.79 Å². The predicted octanol–water partition coefficient (Wildman–Crippen LogP) is 1.56. The number of sulfonamides is 1. The second-order valence-electron chi connectivity index (χ2n) is 7.75. The normalized spacial score (nSPS) is 18.1. The van der Waals surface area contributed by atoms with Crippen molar-refractivity contribution in [2.24, 2.45) is 13.0 Å². The number of carbonyl (C=O) groups is 2. The van der Waals surface area contributed by atoms with Crippen LogP contribution in [0.3, 0.4) is 0 Å². The highest BCUT2D eigenvalue weighted by Gasteiger charge is 2.39. The Kier molecular flexibility index (Phi) is 7.71. The van der Waals surface area contributed by atoms with Gasteiger partial charge in [0.1, 0.15) is 10.6 Å². The Morgan fingerprint density at radius 3 is 2.34 bits per heavy atom. The van der Waals surface area contributed by atoms with E-state index < -0.39 is 80.1 Å². The van der Waals surface area contributed by atoms with Crippen LogP contribution in [0.4, 0.5) is 28.0 Å². The molecule has 192 valence electrons. The molecule has 1 aliphatic heterocycles. The molecule has 1 aromatic heterocycles. The van der Waals surface area contributed by atoms with Gasteiger partial charge in [-0.15, -0.1) is 0 Å².